The minimum Gasteiger partial charge on any atom is -0.444 e. The largest absolute Gasteiger partial charge is 0.444 e. The Kier molecular flexibility index (Phi) is 6.62. The fourth-order valence-corrected chi connectivity index (χ4v) is 6.65. The van der Waals surface area contributed by atoms with E-state index in [1.165, 1.54) is 11.1 Å². The Morgan fingerprint density at radius 3 is 2.45 bits per heavy atom. The van der Waals surface area contributed by atoms with Gasteiger partial charge in [0.2, 0.25) is 15.0 Å². The van der Waals surface area contributed by atoms with Gasteiger partial charge in [0.05, 0.1) is 24.2 Å². The molecular formula is C28H35N5O4S. The first-order valence-electron chi connectivity index (χ1n) is 13.2. The predicted octanol–water partition coefficient (Wildman–Crippen LogP) is 3.49. The Labute approximate surface area is 224 Å². The van der Waals surface area contributed by atoms with Crippen LogP contribution in [0.15, 0.2) is 29.4 Å². The highest BCUT2D eigenvalue weighted by Gasteiger charge is 2.43. The van der Waals surface area contributed by atoms with Crippen LogP contribution < -0.4 is 4.90 Å². The van der Waals surface area contributed by atoms with Crippen molar-refractivity contribution in [1.29, 1.82) is 5.26 Å². The molecule has 202 valence electrons. The van der Waals surface area contributed by atoms with Gasteiger partial charge < -0.3 is 14.5 Å². The molecule has 2 aromatic rings. The Morgan fingerprint density at radius 1 is 1.16 bits per heavy atom. The zero-order chi connectivity index (χ0) is 27.3. The van der Waals surface area contributed by atoms with Crippen molar-refractivity contribution >= 4 is 21.7 Å². The highest BCUT2D eigenvalue weighted by molar-refractivity contribution is 7.90. The monoisotopic (exact) mass is 537 g/mol. The number of benzene rings is 1. The summed E-state index contributed by atoms with van der Waals surface area (Å²) in [7, 11) is -3.64. The highest BCUT2D eigenvalue weighted by Crippen LogP contribution is 2.47. The van der Waals surface area contributed by atoms with Gasteiger partial charge in [-0.25, -0.2) is 23.2 Å². The van der Waals surface area contributed by atoms with Crippen LogP contribution in [-0.2, 0) is 40.3 Å². The van der Waals surface area contributed by atoms with Crippen molar-refractivity contribution in [3.8, 4) is 6.07 Å². The molecule has 1 spiro atoms. The first-order chi connectivity index (χ1) is 17.9. The lowest BCUT2D eigenvalue weighted by atomic mass is 9.71. The van der Waals surface area contributed by atoms with E-state index in [9.17, 15) is 18.5 Å². The molecule has 1 saturated heterocycles. The Balaban J connectivity index is 1.46. The van der Waals surface area contributed by atoms with Crippen LogP contribution in [0.3, 0.4) is 0 Å². The number of sulfone groups is 1. The van der Waals surface area contributed by atoms with E-state index in [4.69, 9.17) is 4.74 Å². The fraction of sp³-hybridized carbons (Fsp3) is 0.571. The molecule has 2 heterocycles. The molecule has 10 heteroatoms. The minimum absolute atomic E-state index is 0.0375. The van der Waals surface area contributed by atoms with Crippen molar-refractivity contribution in [2.45, 2.75) is 76.1 Å². The zero-order valence-corrected chi connectivity index (χ0v) is 23.3. The van der Waals surface area contributed by atoms with Crippen molar-refractivity contribution in [3.63, 3.8) is 0 Å². The van der Waals surface area contributed by atoms with Gasteiger partial charge in [-0.2, -0.15) is 5.26 Å². The van der Waals surface area contributed by atoms with Gasteiger partial charge in [-0.05, 0) is 69.4 Å². The van der Waals surface area contributed by atoms with Crippen molar-refractivity contribution in [1.82, 2.24) is 14.9 Å². The molecule has 1 fully saturated rings. The number of ether oxygens (including phenoxy) is 1. The summed E-state index contributed by atoms with van der Waals surface area (Å²) < 4.78 is 30.8. The van der Waals surface area contributed by atoms with Gasteiger partial charge in [-0.3, -0.25) is 0 Å². The van der Waals surface area contributed by atoms with E-state index in [0.717, 1.165) is 43.2 Å². The lowest BCUT2D eigenvalue weighted by Gasteiger charge is -2.43. The Morgan fingerprint density at radius 2 is 1.84 bits per heavy atom. The topological polar surface area (TPSA) is 116 Å². The van der Waals surface area contributed by atoms with Crippen LogP contribution >= 0.6 is 0 Å². The van der Waals surface area contributed by atoms with Crippen LogP contribution in [0, 0.1) is 16.7 Å². The van der Waals surface area contributed by atoms with Crippen LogP contribution in [-0.4, -0.2) is 66.9 Å². The maximum Gasteiger partial charge on any atom is 0.410 e. The normalized spacial score (nSPS) is 20.6. The standard InChI is InChI=1S/C28H35N5O4S/c1-27(2,3)37-26(34)33-14-13-32(18-21(33)10-12-29)24-22-9-11-28(15-19-7-5-6-8-20(19)16-28)17-23(22)30-25(31-24)38(4,35)36/h5-8,21H,9-11,13-18H2,1-4H3/t21-/m0/s1. The number of carbonyl (C=O) groups is 1. The van der Waals surface area contributed by atoms with Gasteiger partial charge in [-0.15, -0.1) is 0 Å². The molecule has 1 amide bonds. The van der Waals surface area contributed by atoms with Gasteiger partial charge in [0.15, 0.2) is 0 Å². The minimum atomic E-state index is -3.64. The number of carbonyl (C=O) groups excluding carboxylic acids is 1. The summed E-state index contributed by atoms with van der Waals surface area (Å²) in [5, 5.41) is 9.33. The number of amides is 1. The van der Waals surface area contributed by atoms with E-state index >= 15 is 0 Å². The molecule has 0 bridgehead atoms. The molecule has 2 aliphatic carbocycles. The van der Waals surface area contributed by atoms with Gasteiger partial charge >= 0.3 is 6.09 Å². The van der Waals surface area contributed by atoms with Crippen molar-refractivity contribution in [2.24, 2.45) is 5.41 Å². The molecule has 0 saturated carbocycles. The van der Waals surface area contributed by atoms with Crippen LogP contribution in [0.1, 0.15) is 56.0 Å². The summed E-state index contributed by atoms with van der Waals surface area (Å²) in [5.74, 6) is 0.618. The third-order valence-corrected chi connectivity index (χ3v) is 8.66. The second kappa shape index (κ2) is 9.53. The molecule has 0 unspecified atom stereocenters. The smallest absolute Gasteiger partial charge is 0.410 e. The highest BCUT2D eigenvalue weighted by atomic mass is 32.2. The average Bonchev–Trinajstić information content (AvgIpc) is 3.18. The fourth-order valence-electron chi connectivity index (χ4n) is 6.12. The molecule has 1 aromatic carbocycles. The predicted molar refractivity (Wildman–Crippen MR) is 143 cm³/mol. The van der Waals surface area contributed by atoms with Crippen LogP contribution in [0.4, 0.5) is 10.6 Å². The molecule has 38 heavy (non-hydrogen) atoms. The number of rotatable bonds is 3. The molecular weight excluding hydrogens is 502 g/mol. The van der Waals surface area contributed by atoms with Gasteiger partial charge in [0.1, 0.15) is 11.4 Å². The average molecular weight is 538 g/mol. The van der Waals surface area contributed by atoms with Crippen LogP contribution in [0.25, 0.3) is 0 Å². The molecule has 0 N–H and O–H groups in total. The summed E-state index contributed by atoms with van der Waals surface area (Å²) in [5.41, 5.74) is 3.92. The zero-order valence-electron chi connectivity index (χ0n) is 22.5. The lowest BCUT2D eigenvalue weighted by molar-refractivity contribution is 0.0144. The maximum atomic E-state index is 12.9. The first kappa shape index (κ1) is 26.4. The van der Waals surface area contributed by atoms with E-state index in [1.807, 2.05) is 25.7 Å². The molecule has 5 rings (SSSR count). The van der Waals surface area contributed by atoms with Crippen LogP contribution in [0.2, 0.25) is 0 Å². The van der Waals surface area contributed by atoms with Crippen molar-refractivity contribution in [2.75, 3.05) is 30.8 Å². The maximum absolute atomic E-state index is 12.9. The van der Waals surface area contributed by atoms with E-state index in [2.05, 4.69) is 40.3 Å². The van der Waals surface area contributed by atoms with Gasteiger partial charge in [0.25, 0.3) is 0 Å². The molecule has 1 aromatic heterocycles. The number of hydrogen-bond donors (Lipinski definition) is 0. The van der Waals surface area contributed by atoms with Crippen molar-refractivity contribution in [3.05, 3.63) is 46.6 Å². The molecule has 1 atom stereocenters. The quantitative estimate of drug-likeness (QED) is 0.546. The summed E-state index contributed by atoms with van der Waals surface area (Å²) in [6, 6.07) is 10.3. The van der Waals surface area contributed by atoms with E-state index in [0.29, 0.717) is 31.9 Å². The summed E-state index contributed by atoms with van der Waals surface area (Å²) in [6.07, 6.45) is 5.21. The van der Waals surface area contributed by atoms with Crippen molar-refractivity contribution < 1.29 is 17.9 Å². The third kappa shape index (κ3) is 5.21. The number of fused-ring (bicyclic) bond motifs is 2. The second-order valence-corrected chi connectivity index (χ2v) is 13.9. The first-order valence-corrected chi connectivity index (χ1v) is 15.0. The number of nitriles is 1. The summed E-state index contributed by atoms with van der Waals surface area (Å²) in [6.45, 7) is 6.63. The number of aromatic nitrogens is 2. The van der Waals surface area contributed by atoms with E-state index < -0.39 is 27.6 Å². The summed E-state index contributed by atoms with van der Waals surface area (Å²) >= 11 is 0. The molecule has 1 aliphatic heterocycles. The summed E-state index contributed by atoms with van der Waals surface area (Å²) in [4.78, 5) is 25.7. The number of piperazine rings is 1. The van der Waals surface area contributed by atoms with E-state index in [1.54, 1.807) is 4.90 Å². The SMILES string of the molecule is CC(C)(C)OC(=O)N1CCN(c2nc(S(C)(=O)=O)nc3c2CCC2(Cc4ccccc4C2)C3)C[C@@H]1CC#N. The third-order valence-electron chi connectivity index (χ3n) is 7.82. The van der Waals surface area contributed by atoms with Crippen LogP contribution in [0.5, 0.6) is 0 Å². The second-order valence-electron chi connectivity index (χ2n) is 12.0. The van der Waals surface area contributed by atoms with Gasteiger partial charge in [0, 0.05) is 31.5 Å². The molecule has 0 radical (unpaired) electrons. The van der Waals surface area contributed by atoms with E-state index in [-0.39, 0.29) is 17.0 Å². The molecule has 3 aliphatic rings. The number of nitrogens with zero attached hydrogens (tertiary/aromatic N) is 5. The Bertz CT molecular complexity index is 1380. The Hall–Kier alpha value is -3.19. The number of hydrogen-bond acceptors (Lipinski definition) is 8. The number of anilines is 1. The molecule has 9 nitrogen and oxygen atoms in total. The lowest BCUT2D eigenvalue weighted by Crippen LogP contribution is -2.56. The van der Waals surface area contributed by atoms with Gasteiger partial charge in [-0.1, -0.05) is 24.3 Å².